The molecule has 12 nitrogen and oxygen atoms in total. The van der Waals surface area contributed by atoms with E-state index in [2.05, 4.69) is 9.98 Å². The smallest absolute Gasteiger partial charge is 0.343 e. The second-order valence-electron chi connectivity index (χ2n) is 7.24. The maximum absolute atomic E-state index is 12.7. The lowest BCUT2D eigenvalue weighted by molar-refractivity contribution is -0.246. The van der Waals surface area contributed by atoms with Gasteiger partial charge in [0, 0.05) is 17.4 Å². The third-order valence-corrected chi connectivity index (χ3v) is 5.08. The average Bonchev–Trinajstić information content (AvgIpc) is 3.22. The number of benzene rings is 1. The molecule has 0 amide bonds. The SMILES string of the molecule is NC(N)=NCCCc1cccc2[nH]c(CO)c(OC(=O)C3OC(O)(CO)C(O)C3O)c12. The zero-order valence-corrected chi connectivity index (χ0v) is 16.6. The molecule has 0 saturated carbocycles. The van der Waals surface area contributed by atoms with Crippen LogP contribution >= 0.6 is 0 Å². The van der Waals surface area contributed by atoms with Crippen molar-refractivity contribution in [3.05, 3.63) is 29.5 Å². The van der Waals surface area contributed by atoms with E-state index in [0.29, 0.717) is 30.3 Å². The van der Waals surface area contributed by atoms with E-state index in [1.807, 2.05) is 6.07 Å². The van der Waals surface area contributed by atoms with E-state index < -0.39 is 43.3 Å². The van der Waals surface area contributed by atoms with Crippen LogP contribution < -0.4 is 16.2 Å². The summed E-state index contributed by atoms with van der Waals surface area (Å²) in [5.74, 6) is -3.59. The molecule has 12 heteroatoms. The molecule has 2 heterocycles. The van der Waals surface area contributed by atoms with Crippen LogP contribution in [0.5, 0.6) is 5.75 Å². The first-order valence-electron chi connectivity index (χ1n) is 9.59. The number of hydrogen-bond donors (Lipinski definition) is 8. The number of aromatic amines is 1. The summed E-state index contributed by atoms with van der Waals surface area (Å²) in [6.45, 7) is -1.11. The third-order valence-electron chi connectivity index (χ3n) is 5.08. The van der Waals surface area contributed by atoms with Gasteiger partial charge in [-0.15, -0.1) is 0 Å². The second-order valence-corrected chi connectivity index (χ2v) is 7.24. The fourth-order valence-electron chi connectivity index (χ4n) is 3.52. The summed E-state index contributed by atoms with van der Waals surface area (Å²) >= 11 is 0. The molecule has 2 aromatic rings. The van der Waals surface area contributed by atoms with Crippen molar-refractivity contribution in [2.75, 3.05) is 13.2 Å². The lowest BCUT2D eigenvalue weighted by atomic mass is 10.0. The predicted molar refractivity (Wildman–Crippen MR) is 108 cm³/mol. The molecule has 4 unspecified atom stereocenters. The number of carbonyl (C=O) groups excluding carboxylic acids is 1. The Morgan fingerprint density at radius 1 is 1.29 bits per heavy atom. The van der Waals surface area contributed by atoms with Gasteiger partial charge in [-0.1, -0.05) is 12.1 Å². The molecule has 1 aliphatic rings. The van der Waals surface area contributed by atoms with Gasteiger partial charge in [-0.05, 0) is 24.5 Å². The summed E-state index contributed by atoms with van der Waals surface area (Å²) in [6, 6.07) is 5.35. The summed E-state index contributed by atoms with van der Waals surface area (Å²) in [5, 5.41) is 49.4. The summed E-state index contributed by atoms with van der Waals surface area (Å²) in [7, 11) is 0. The second kappa shape index (κ2) is 9.18. The van der Waals surface area contributed by atoms with Crippen LogP contribution in [0.25, 0.3) is 10.9 Å². The molecule has 0 bridgehead atoms. The van der Waals surface area contributed by atoms with Crippen molar-refractivity contribution in [3.8, 4) is 5.75 Å². The lowest BCUT2D eigenvalue weighted by Crippen LogP contribution is -2.46. The van der Waals surface area contributed by atoms with Gasteiger partial charge in [-0.25, -0.2) is 4.79 Å². The molecule has 170 valence electrons. The van der Waals surface area contributed by atoms with Crippen LogP contribution in [0.15, 0.2) is 23.2 Å². The Kier molecular flexibility index (Phi) is 6.79. The average molecular weight is 438 g/mol. The first kappa shape index (κ1) is 22.9. The largest absolute Gasteiger partial charge is 0.422 e. The molecular weight excluding hydrogens is 412 g/mol. The summed E-state index contributed by atoms with van der Waals surface area (Å²) in [6.07, 6.45) is -4.36. The molecule has 1 saturated heterocycles. The van der Waals surface area contributed by atoms with Crippen molar-refractivity contribution in [1.82, 2.24) is 4.98 Å². The Bertz CT molecular complexity index is 973. The molecule has 0 spiro atoms. The maximum Gasteiger partial charge on any atom is 0.343 e. The van der Waals surface area contributed by atoms with Gasteiger partial charge in [0.25, 0.3) is 0 Å². The fraction of sp³-hybridized carbons (Fsp3) is 0.474. The van der Waals surface area contributed by atoms with Gasteiger partial charge in [0.2, 0.25) is 5.79 Å². The molecule has 1 aromatic carbocycles. The van der Waals surface area contributed by atoms with Gasteiger partial charge in [0.15, 0.2) is 17.8 Å². The minimum Gasteiger partial charge on any atom is -0.422 e. The van der Waals surface area contributed by atoms with Crippen LogP contribution in [-0.2, 0) is 22.6 Å². The van der Waals surface area contributed by atoms with Gasteiger partial charge in [-0.3, -0.25) is 4.99 Å². The van der Waals surface area contributed by atoms with Crippen molar-refractivity contribution >= 4 is 22.8 Å². The molecule has 1 aromatic heterocycles. The van der Waals surface area contributed by atoms with Crippen molar-refractivity contribution in [3.63, 3.8) is 0 Å². The first-order chi connectivity index (χ1) is 14.7. The number of aromatic nitrogens is 1. The Hall–Kier alpha value is -2.74. The summed E-state index contributed by atoms with van der Waals surface area (Å²) in [4.78, 5) is 19.6. The van der Waals surface area contributed by atoms with Crippen LogP contribution in [0.1, 0.15) is 17.7 Å². The first-order valence-corrected chi connectivity index (χ1v) is 9.59. The minimum absolute atomic E-state index is 0.0165. The highest BCUT2D eigenvalue weighted by atomic mass is 16.7. The van der Waals surface area contributed by atoms with Crippen LogP contribution in [0.3, 0.4) is 0 Å². The van der Waals surface area contributed by atoms with E-state index in [9.17, 15) is 30.3 Å². The zero-order valence-electron chi connectivity index (χ0n) is 16.6. The van der Waals surface area contributed by atoms with Crippen LogP contribution in [-0.4, -0.2) is 79.7 Å². The number of rotatable bonds is 8. The normalized spacial score (nSPS) is 25.6. The number of guanidine groups is 1. The summed E-state index contributed by atoms with van der Waals surface area (Å²) < 4.78 is 10.4. The number of H-pyrrole nitrogens is 1. The Labute approximate surface area is 176 Å². The topological polar surface area (TPSA) is 217 Å². The van der Waals surface area contributed by atoms with E-state index in [1.54, 1.807) is 12.1 Å². The monoisotopic (exact) mass is 438 g/mol. The molecule has 4 atom stereocenters. The number of hydrogen-bond acceptors (Lipinski definition) is 9. The van der Waals surface area contributed by atoms with E-state index in [1.165, 1.54) is 0 Å². The Morgan fingerprint density at radius 2 is 2.03 bits per heavy atom. The van der Waals surface area contributed by atoms with Gasteiger partial charge < -0.3 is 51.5 Å². The van der Waals surface area contributed by atoms with Crippen molar-refractivity contribution in [2.24, 2.45) is 16.5 Å². The number of nitrogens with two attached hydrogens (primary N) is 2. The van der Waals surface area contributed by atoms with Crippen molar-refractivity contribution in [2.45, 2.75) is 43.5 Å². The predicted octanol–water partition coefficient (Wildman–Crippen LogP) is -2.43. The summed E-state index contributed by atoms with van der Waals surface area (Å²) in [5.41, 5.74) is 12.3. The number of aliphatic hydroxyl groups excluding tert-OH is 4. The minimum atomic E-state index is -2.50. The fourth-order valence-corrected chi connectivity index (χ4v) is 3.52. The van der Waals surface area contributed by atoms with Crippen LogP contribution in [0.4, 0.5) is 0 Å². The molecule has 31 heavy (non-hydrogen) atoms. The van der Waals surface area contributed by atoms with Gasteiger partial charge in [0.1, 0.15) is 12.2 Å². The van der Waals surface area contributed by atoms with Crippen molar-refractivity contribution in [1.29, 1.82) is 0 Å². The number of aliphatic imine (C=N–C) groups is 1. The molecule has 3 rings (SSSR count). The molecule has 0 radical (unpaired) electrons. The quantitative estimate of drug-likeness (QED) is 0.0943. The van der Waals surface area contributed by atoms with E-state index >= 15 is 0 Å². The number of nitrogens with zero attached hydrogens (tertiary/aromatic N) is 1. The van der Waals surface area contributed by atoms with Gasteiger partial charge in [-0.2, -0.15) is 0 Å². The highest BCUT2D eigenvalue weighted by Crippen LogP contribution is 2.36. The van der Waals surface area contributed by atoms with Crippen LogP contribution in [0.2, 0.25) is 0 Å². The number of nitrogens with one attached hydrogen (secondary N) is 1. The number of aliphatic hydroxyl groups is 5. The molecule has 1 fully saturated rings. The maximum atomic E-state index is 12.7. The van der Waals surface area contributed by atoms with E-state index in [-0.39, 0.29) is 17.4 Å². The number of carbonyl (C=O) groups is 1. The van der Waals surface area contributed by atoms with Crippen molar-refractivity contribution < 1.29 is 39.8 Å². The van der Waals surface area contributed by atoms with Gasteiger partial charge >= 0.3 is 5.97 Å². The standard InChI is InChI=1S/C19H26N4O8/c20-18(21)22-6-2-4-9-3-1-5-10-12(9)14(11(7-24)23-10)30-17(28)15-13(26)16(27)19(29,8-25)31-15/h1,3,5,13,15-16,23-27,29H,2,4,6-8H2,(H4,20,21,22). The number of aryl methyl sites for hydroxylation is 1. The highest BCUT2D eigenvalue weighted by Gasteiger charge is 2.56. The third kappa shape index (κ3) is 4.49. The lowest BCUT2D eigenvalue weighted by Gasteiger charge is -2.22. The zero-order chi connectivity index (χ0) is 22.8. The Balaban J connectivity index is 1.89. The molecule has 1 aliphatic heterocycles. The number of ether oxygens (including phenoxy) is 2. The molecular formula is C19H26N4O8. The molecule has 0 aliphatic carbocycles. The van der Waals surface area contributed by atoms with E-state index in [4.69, 9.17) is 20.9 Å². The number of fused-ring (bicyclic) bond motifs is 1. The Morgan fingerprint density at radius 3 is 2.65 bits per heavy atom. The van der Waals surface area contributed by atoms with Gasteiger partial charge in [0.05, 0.1) is 18.9 Å². The number of esters is 1. The molecule has 10 N–H and O–H groups in total. The highest BCUT2D eigenvalue weighted by molar-refractivity contribution is 5.93. The van der Waals surface area contributed by atoms with Crippen LogP contribution in [0, 0.1) is 0 Å². The van der Waals surface area contributed by atoms with E-state index in [0.717, 1.165) is 5.56 Å².